The lowest BCUT2D eigenvalue weighted by molar-refractivity contribution is 0.0728. The van der Waals surface area contributed by atoms with Crippen LogP contribution in [-0.2, 0) is 4.74 Å². The van der Waals surface area contributed by atoms with Crippen molar-refractivity contribution in [2.45, 2.75) is 25.9 Å². The minimum absolute atomic E-state index is 0.0838. The van der Waals surface area contributed by atoms with Crippen molar-refractivity contribution in [1.82, 2.24) is 15.1 Å². The third-order valence-electron chi connectivity index (χ3n) is 5.49. The molecule has 1 unspecified atom stereocenters. The molecule has 0 aromatic heterocycles. The van der Waals surface area contributed by atoms with Gasteiger partial charge in [-0.1, -0.05) is 36.4 Å². The van der Waals surface area contributed by atoms with E-state index in [4.69, 9.17) is 4.74 Å². The molecule has 2 aromatic carbocycles. The first kappa shape index (κ1) is 23.2. The van der Waals surface area contributed by atoms with E-state index >= 15 is 0 Å². The first-order valence-corrected chi connectivity index (χ1v) is 11.0. The van der Waals surface area contributed by atoms with Gasteiger partial charge >= 0.3 is 6.03 Å². The number of unbranched alkanes of at least 4 members (excludes halogenated alkanes) is 1. The fraction of sp³-hybridized carbons (Fsp3) is 0.458. The topological polar surface area (TPSA) is 44.8 Å². The molecule has 0 saturated carbocycles. The molecule has 31 heavy (non-hydrogen) atoms. The summed E-state index contributed by atoms with van der Waals surface area (Å²) >= 11 is 0. The van der Waals surface area contributed by atoms with Crippen molar-refractivity contribution in [3.8, 4) is 0 Å². The summed E-state index contributed by atoms with van der Waals surface area (Å²) in [5.41, 5.74) is 1.13. The first-order chi connectivity index (χ1) is 15.1. The molecule has 5 nitrogen and oxygen atoms in total. The lowest BCUT2D eigenvalue weighted by atomic mass is 10.0. The number of rotatable bonds is 9. The summed E-state index contributed by atoms with van der Waals surface area (Å²) in [5.74, 6) is -1.23. The Morgan fingerprint density at radius 3 is 2.55 bits per heavy atom. The second kappa shape index (κ2) is 11.8. The van der Waals surface area contributed by atoms with E-state index in [0.29, 0.717) is 25.3 Å². The van der Waals surface area contributed by atoms with Crippen molar-refractivity contribution in [2.75, 3.05) is 45.9 Å². The monoisotopic (exact) mass is 431 g/mol. The van der Waals surface area contributed by atoms with Crippen LogP contribution < -0.4 is 5.32 Å². The minimum atomic E-state index is -0.618. The van der Waals surface area contributed by atoms with Crippen molar-refractivity contribution >= 4 is 6.03 Å². The van der Waals surface area contributed by atoms with Gasteiger partial charge in [0.15, 0.2) is 0 Å². The second-order valence-electron chi connectivity index (χ2n) is 7.63. The van der Waals surface area contributed by atoms with E-state index in [1.54, 1.807) is 0 Å². The molecule has 1 aliphatic rings. The van der Waals surface area contributed by atoms with E-state index < -0.39 is 17.7 Å². The molecule has 0 bridgehead atoms. The molecule has 3 rings (SSSR count). The highest BCUT2D eigenvalue weighted by Gasteiger charge is 2.22. The molecule has 0 aliphatic carbocycles. The third-order valence-corrected chi connectivity index (χ3v) is 5.49. The zero-order valence-corrected chi connectivity index (χ0v) is 18.0. The summed E-state index contributed by atoms with van der Waals surface area (Å²) in [5, 5.41) is 3.25. The van der Waals surface area contributed by atoms with Gasteiger partial charge in [-0.3, -0.25) is 0 Å². The summed E-state index contributed by atoms with van der Waals surface area (Å²) in [7, 11) is 0. The van der Waals surface area contributed by atoms with Gasteiger partial charge in [-0.15, -0.1) is 0 Å². The van der Waals surface area contributed by atoms with Crippen molar-refractivity contribution in [3.05, 3.63) is 71.3 Å². The number of urea groups is 1. The number of piperazine rings is 1. The largest absolute Gasteiger partial charge is 0.369 e. The Kier molecular flexibility index (Phi) is 8.79. The van der Waals surface area contributed by atoms with E-state index in [1.807, 2.05) is 47.1 Å². The molecule has 168 valence electrons. The van der Waals surface area contributed by atoms with Crippen LogP contribution >= 0.6 is 0 Å². The maximum atomic E-state index is 14.4. The average Bonchev–Trinajstić information content (AvgIpc) is 2.80. The SMILES string of the molecule is CCN(CCCCOC(c1ccccc1)c1ccc(F)cc1F)C(=O)N1CCNCC1. The molecule has 2 aromatic rings. The molecule has 1 N–H and O–H groups in total. The Morgan fingerprint density at radius 1 is 1.13 bits per heavy atom. The number of hydrogen-bond acceptors (Lipinski definition) is 3. The fourth-order valence-electron chi connectivity index (χ4n) is 3.76. The quantitative estimate of drug-likeness (QED) is 0.606. The summed E-state index contributed by atoms with van der Waals surface area (Å²) in [6, 6.07) is 13.0. The zero-order chi connectivity index (χ0) is 22.1. The van der Waals surface area contributed by atoms with Crippen LogP contribution in [0.3, 0.4) is 0 Å². The van der Waals surface area contributed by atoms with Gasteiger partial charge in [0.25, 0.3) is 0 Å². The number of halogens is 2. The molecule has 0 radical (unpaired) electrons. The van der Waals surface area contributed by atoms with Gasteiger partial charge in [-0.05, 0) is 31.4 Å². The molecule has 1 saturated heterocycles. The van der Waals surface area contributed by atoms with Crippen molar-refractivity contribution < 1.29 is 18.3 Å². The van der Waals surface area contributed by atoms with Crippen LogP contribution in [0.25, 0.3) is 0 Å². The van der Waals surface area contributed by atoms with Crippen LogP contribution in [0, 0.1) is 11.6 Å². The lowest BCUT2D eigenvalue weighted by Crippen LogP contribution is -2.51. The summed E-state index contributed by atoms with van der Waals surface area (Å²) < 4.78 is 33.8. The number of carbonyl (C=O) groups excluding carboxylic acids is 1. The summed E-state index contributed by atoms with van der Waals surface area (Å²) in [6.45, 7) is 6.85. The van der Waals surface area contributed by atoms with Crippen molar-refractivity contribution in [3.63, 3.8) is 0 Å². The molecule has 0 spiro atoms. The smallest absolute Gasteiger partial charge is 0.320 e. The lowest BCUT2D eigenvalue weighted by Gasteiger charge is -2.33. The van der Waals surface area contributed by atoms with Crippen molar-refractivity contribution in [2.24, 2.45) is 0 Å². The highest BCUT2D eigenvalue weighted by molar-refractivity contribution is 5.74. The predicted octanol–water partition coefficient (Wildman–Crippen LogP) is 4.20. The molecular weight excluding hydrogens is 400 g/mol. The molecular formula is C24H31F2N3O2. The third kappa shape index (κ3) is 6.48. The maximum absolute atomic E-state index is 14.4. The number of ether oxygens (including phenoxy) is 1. The second-order valence-corrected chi connectivity index (χ2v) is 7.63. The van der Waals surface area contributed by atoms with Gasteiger partial charge in [0, 0.05) is 57.5 Å². The van der Waals surface area contributed by atoms with Crippen LogP contribution in [-0.4, -0.2) is 61.7 Å². The van der Waals surface area contributed by atoms with Gasteiger partial charge in [-0.2, -0.15) is 0 Å². The van der Waals surface area contributed by atoms with Crippen LogP contribution in [0.4, 0.5) is 13.6 Å². The maximum Gasteiger partial charge on any atom is 0.320 e. The molecule has 1 fully saturated rings. The van der Waals surface area contributed by atoms with E-state index in [9.17, 15) is 13.6 Å². The molecule has 2 amide bonds. The highest BCUT2D eigenvalue weighted by Crippen LogP contribution is 2.28. The predicted molar refractivity (Wildman–Crippen MR) is 117 cm³/mol. The summed E-state index contributed by atoms with van der Waals surface area (Å²) in [6.07, 6.45) is 0.919. The van der Waals surface area contributed by atoms with Crippen LogP contribution in [0.2, 0.25) is 0 Å². The Hall–Kier alpha value is -2.51. The van der Waals surface area contributed by atoms with E-state index in [-0.39, 0.29) is 6.03 Å². The number of hydrogen-bond donors (Lipinski definition) is 1. The van der Waals surface area contributed by atoms with Crippen molar-refractivity contribution in [1.29, 1.82) is 0 Å². The van der Waals surface area contributed by atoms with Gasteiger partial charge < -0.3 is 19.9 Å². The number of carbonyl (C=O) groups is 1. The summed E-state index contributed by atoms with van der Waals surface area (Å²) in [4.78, 5) is 16.4. The van der Waals surface area contributed by atoms with Gasteiger partial charge in [-0.25, -0.2) is 13.6 Å². The average molecular weight is 432 g/mol. The number of benzene rings is 2. The van der Waals surface area contributed by atoms with Gasteiger partial charge in [0.05, 0.1) is 0 Å². The Morgan fingerprint density at radius 2 is 1.87 bits per heavy atom. The van der Waals surface area contributed by atoms with Crippen LogP contribution in [0.5, 0.6) is 0 Å². The van der Waals surface area contributed by atoms with Gasteiger partial charge in [0.2, 0.25) is 0 Å². The molecule has 7 heteroatoms. The van der Waals surface area contributed by atoms with Gasteiger partial charge in [0.1, 0.15) is 17.7 Å². The number of nitrogens with one attached hydrogen (secondary N) is 1. The molecule has 1 atom stereocenters. The Labute approximate surface area is 183 Å². The standard InChI is InChI=1S/C24H31F2N3O2/c1-2-28(24(30)29-15-12-27-13-16-29)14-6-7-17-31-23(19-8-4-3-5-9-19)21-11-10-20(25)18-22(21)26/h3-5,8-11,18,23,27H,2,6-7,12-17H2,1H3. The number of amides is 2. The minimum Gasteiger partial charge on any atom is -0.369 e. The van der Waals surface area contributed by atoms with Crippen LogP contribution in [0.1, 0.15) is 37.0 Å². The Bertz CT molecular complexity index is 829. The van der Waals surface area contributed by atoms with Crippen LogP contribution in [0.15, 0.2) is 48.5 Å². The van der Waals surface area contributed by atoms with E-state index in [2.05, 4.69) is 5.32 Å². The fourth-order valence-corrected chi connectivity index (χ4v) is 3.76. The van der Waals surface area contributed by atoms with E-state index in [0.717, 1.165) is 50.7 Å². The molecule has 1 heterocycles. The number of nitrogens with zero attached hydrogens (tertiary/aromatic N) is 2. The normalized spacial score (nSPS) is 15.0. The zero-order valence-electron chi connectivity index (χ0n) is 18.0. The van der Waals surface area contributed by atoms with E-state index in [1.165, 1.54) is 12.1 Å². The first-order valence-electron chi connectivity index (χ1n) is 11.0. The Balaban J connectivity index is 1.54. The highest BCUT2D eigenvalue weighted by atomic mass is 19.1. The molecule has 1 aliphatic heterocycles.